The summed E-state index contributed by atoms with van der Waals surface area (Å²) in [5.74, 6) is -0.682. The molecule has 1 N–H and O–H groups in total. The highest BCUT2D eigenvalue weighted by Crippen LogP contribution is 2.49. The molecule has 0 bridgehead atoms. The van der Waals surface area contributed by atoms with Crippen LogP contribution in [0.1, 0.15) is 26.2 Å². The van der Waals surface area contributed by atoms with Crippen LogP contribution in [0, 0.1) is 5.41 Å². The smallest absolute Gasteiger partial charge is 0.303 e. The van der Waals surface area contributed by atoms with E-state index in [-0.39, 0.29) is 29.8 Å². The average molecular weight is 184 g/mol. The molecule has 1 aliphatic carbocycles. The molecule has 0 aromatic carbocycles. The molecule has 0 amide bonds. The Morgan fingerprint density at radius 1 is 1.77 bits per heavy atom. The first-order chi connectivity index (χ1) is 6.03. The van der Waals surface area contributed by atoms with Gasteiger partial charge in [-0.2, -0.15) is 0 Å². The quantitative estimate of drug-likeness (QED) is 0.638. The summed E-state index contributed by atoms with van der Waals surface area (Å²) in [7, 11) is 0. The number of ether oxygens (including phenoxy) is 1. The van der Waals surface area contributed by atoms with E-state index in [1.165, 1.54) is 0 Å². The first-order valence-corrected chi connectivity index (χ1v) is 4.43. The molecule has 1 saturated heterocycles. The molecule has 0 aromatic heterocycles. The number of rotatable bonds is 2. The number of carboxylic acids is 1. The SMILES string of the molecule is C[C@@]1(CC(=O)O)CCC(=O)[C@H]2O[C@H]21. The number of hydrogen-bond donors (Lipinski definition) is 1. The lowest BCUT2D eigenvalue weighted by molar-refractivity contribution is -0.140. The highest BCUT2D eigenvalue weighted by molar-refractivity contribution is 5.87. The molecule has 72 valence electrons. The zero-order chi connectivity index (χ0) is 9.64. The van der Waals surface area contributed by atoms with E-state index in [1.807, 2.05) is 6.92 Å². The predicted octanol–water partition coefficient (Wildman–Crippen LogP) is 0.598. The number of carbonyl (C=O) groups excluding carboxylic acids is 1. The van der Waals surface area contributed by atoms with E-state index >= 15 is 0 Å². The molecular weight excluding hydrogens is 172 g/mol. The van der Waals surface area contributed by atoms with Crippen molar-refractivity contribution in [3.63, 3.8) is 0 Å². The molecule has 2 aliphatic rings. The molecule has 2 rings (SSSR count). The third kappa shape index (κ3) is 1.35. The molecular formula is C9H12O4. The van der Waals surface area contributed by atoms with Crippen molar-refractivity contribution in [2.24, 2.45) is 5.41 Å². The van der Waals surface area contributed by atoms with Crippen LogP contribution < -0.4 is 0 Å². The van der Waals surface area contributed by atoms with E-state index in [2.05, 4.69) is 0 Å². The van der Waals surface area contributed by atoms with Crippen molar-refractivity contribution in [3.8, 4) is 0 Å². The molecule has 3 atom stereocenters. The Kier molecular flexibility index (Phi) is 1.70. The van der Waals surface area contributed by atoms with Crippen LogP contribution in [0.25, 0.3) is 0 Å². The monoisotopic (exact) mass is 184 g/mol. The van der Waals surface area contributed by atoms with Gasteiger partial charge in [-0.1, -0.05) is 6.92 Å². The van der Waals surface area contributed by atoms with Gasteiger partial charge in [0.15, 0.2) is 5.78 Å². The minimum Gasteiger partial charge on any atom is -0.481 e. The van der Waals surface area contributed by atoms with Gasteiger partial charge in [-0.3, -0.25) is 9.59 Å². The Labute approximate surface area is 75.9 Å². The molecule has 4 heteroatoms. The van der Waals surface area contributed by atoms with E-state index in [0.717, 1.165) is 0 Å². The lowest BCUT2D eigenvalue weighted by Crippen LogP contribution is -2.35. The zero-order valence-corrected chi connectivity index (χ0v) is 7.45. The highest BCUT2D eigenvalue weighted by atomic mass is 16.6. The van der Waals surface area contributed by atoms with E-state index in [0.29, 0.717) is 12.8 Å². The molecule has 1 heterocycles. The minimum atomic E-state index is -0.814. The molecule has 0 aromatic rings. The van der Waals surface area contributed by atoms with Gasteiger partial charge in [-0.15, -0.1) is 0 Å². The summed E-state index contributed by atoms with van der Waals surface area (Å²) in [5.41, 5.74) is -0.329. The number of hydrogen-bond acceptors (Lipinski definition) is 3. The van der Waals surface area contributed by atoms with Gasteiger partial charge in [0, 0.05) is 11.8 Å². The summed E-state index contributed by atoms with van der Waals surface area (Å²) < 4.78 is 5.19. The molecule has 4 nitrogen and oxygen atoms in total. The van der Waals surface area contributed by atoms with Crippen molar-refractivity contribution >= 4 is 11.8 Å². The van der Waals surface area contributed by atoms with Crippen LogP contribution in [0.5, 0.6) is 0 Å². The van der Waals surface area contributed by atoms with Crippen LogP contribution >= 0.6 is 0 Å². The Morgan fingerprint density at radius 2 is 2.46 bits per heavy atom. The summed E-state index contributed by atoms with van der Waals surface area (Å²) >= 11 is 0. The summed E-state index contributed by atoms with van der Waals surface area (Å²) in [6.45, 7) is 1.89. The number of aliphatic carboxylic acids is 1. The molecule has 13 heavy (non-hydrogen) atoms. The molecule has 1 saturated carbocycles. The van der Waals surface area contributed by atoms with Crippen molar-refractivity contribution in [1.29, 1.82) is 0 Å². The van der Waals surface area contributed by atoms with Gasteiger partial charge in [-0.05, 0) is 6.42 Å². The van der Waals surface area contributed by atoms with E-state index in [9.17, 15) is 9.59 Å². The largest absolute Gasteiger partial charge is 0.481 e. The van der Waals surface area contributed by atoms with Gasteiger partial charge >= 0.3 is 5.97 Å². The summed E-state index contributed by atoms with van der Waals surface area (Å²) in [4.78, 5) is 21.7. The fourth-order valence-electron chi connectivity index (χ4n) is 2.11. The van der Waals surface area contributed by atoms with Crippen molar-refractivity contribution in [2.75, 3.05) is 0 Å². The molecule has 2 fully saturated rings. The number of Topliss-reactive ketones (excluding diaryl/α,β-unsaturated/α-hetero) is 1. The Morgan fingerprint density at radius 3 is 3.08 bits per heavy atom. The fraction of sp³-hybridized carbons (Fsp3) is 0.778. The zero-order valence-electron chi connectivity index (χ0n) is 7.45. The molecule has 0 spiro atoms. The molecule has 0 radical (unpaired) electrons. The van der Waals surface area contributed by atoms with Gasteiger partial charge in [-0.25, -0.2) is 0 Å². The maximum Gasteiger partial charge on any atom is 0.303 e. The van der Waals surface area contributed by atoms with Crippen LogP contribution in [-0.2, 0) is 14.3 Å². The Hall–Kier alpha value is -0.900. The van der Waals surface area contributed by atoms with Crippen LogP contribution in [0.15, 0.2) is 0 Å². The van der Waals surface area contributed by atoms with E-state index < -0.39 is 5.97 Å². The lowest BCUT2D eigenvalue weighted by atomic mass is 9.73. The number of carboxylic acid groups (broad SMARTS) is 1. The first kappa shape index (κ1) is 8.69. The summed E-state index contributed by atoms with van der Waals surface area (Å²) in [6.07, 6.45) is 0.772. The first-order valence-electron chi connectivity index (χ1n) is 4.43. The lowest BCUT2D eigenvalue weighted by Gasteiger charge is -2.28. The molecule has 1 aliphatic heterocycles. The predicted molar refractivity (Wildman–Crippen MR) is 43.3 cm³/mol. The van der Waals surface area contributed by atoms with E-state index in [1.54, 1.807) is 0 Å². The van der Waals surface area contributed by atoms with Crippen molar-refractivity contribution in [1.82, 2.24) is 0 Å². The average Bonchev–Trinajstić information content (AvgIpc) is 2.76. The second-order valence-corrected chi connectivity index (χ2v) is 4.17. The number of ketones is 1. The van der Waals surface area contributed by atoms with Crippen LogP contribution in [0.3, 0.4) is 0 Å². The van der Waals surface area contributed by atoms with Crippen molar-refractivity contribution in [3.05, 3.63) is 0 Å². The number of carbonyl (C=O) groups is 2. The standard InChI is InChI=1S/C9H12O4/c1-9(4-6(11)12)3-2-5(10)7-8(9)13-7/h7-8H,2-4H2,1H3,(H,11,12)/t7-,8-,9+/m1/s1. The van der Waals surface area contributed by atoms with Gasteiger partial charge in [0.25, 0.3) is 0 Å². The van der Waals surface area contributed by atoms with Crippen LogP contribution in [0.2, 0.25) is 0 Å². The second-order valence-electron chi connectivity index (χ2n) is 4.17. The maximum atomic E-state index is 11.1. The third-order valence-corrected chi connectivity index (χ3v) is 2.99. The fourth-order valence-corrected chi connectivity index (χ4v) is 2.11. The molecule has 0 unspecified atom stereocenters. The topological polar surface area (TPSA) is 66.9 Å². The van der Waals surface area contributed by atoms with Gasteiger partial charge < -0.3 is 9.84 Å². The Bertz CT molecular complexity index is 273. The van der Waals surface area contributed by atoms with Gasteiger partial charge in [0.2, 0.25) is 0 Å². The second kappa shape index (κ2) is 2.54. The number of epoxide rings is 1. The van der Waals surface area contributed by atoms with Crippen molar-refractivity contribution in [2.45, 2.75) is 38.4 Å². The highest BCUT2D eigenvalue weighted by Gasteiger charge is 2.59. The summed E-state index contributed by atoms with van der Waals surface area (Å²) in [5, 5.41) is 8.69. The Balaban J connectivity index is 2.08. The number of fused-ring (bicyclic) bond motifs is 1. The van der Waals surface area contributed by atoms with Crippen LogP contribution in [0.4, 0.5) is 0 Å². The van der Waals surface area contributed by atoms with Crippen molar-refractivity contribution < 1.29 is 19.4 Å². The normalized spacial score (nSPS) is 42.7. The van der Waals surface area contributed by atoms with Gasteiger partial charge in [0.1, 0.15) is 6.10 Å². The third-order valence-electron chi connectivity index (χ3n) is 2.99. The van der Waals surface area contributed by atoms with E-state index in [4.69, 9.17) is 9.84 Å². The maximum absolute atomic E-state index is 11.1. The van der Waals surface area contributed by atoms with Crippen LogP contribution in [-0.4, -0.2) is 29.1 Å². The minimum absolute atomic E-state index is 0.0987. The van der Waals surface area contributed by atoms with Gasteiger partial charge in [0.05, 0.1) is 12.5 Å². The summed E-state index contributed by atoms with van der Waals surface area (Å²) in [6, 6.07) is 0.